The lowest BCUT2D eigenvalue weighted by atomic mass is 9.80. The number of nitrogens with one attached hydrogen (secondary N) is 1. The van der Waals surface area contributed by atoms with Crippen LogP contribution in [0.25, 0.3) is 0 Å². The molecule has 19 heavy (non-hydrogen) atoms. The van der Waals surface area contributed by atoms with Gasteiger partial charge in [0.25, 0.3) is 0 Å². The maximum atomic E-state index is 11.7. The first-order chi connectivity index (χ1) is 9.10. The maximum absolute atomic E-state index is 11.7. The Bertz CT molecular complexity index is 304. The van der Waals surface area contributed by atoms with Crippen molar-refractivity contribution in [1.82, 2.24) is 5.32 Å². The Hall–Kier alpha value is -0.610. The third kappa shape index (κ3) is 4.46. The lowest BCUT2D eigenvalue weighted by Gasteiger charge is -2.32. The van der Waals surface area contributed by atoms with Gasteiger partial charge in [-0.15, -0.1) is 0 Å². The van der Waals surface area contributed by atoms with Crippen LogP contribution in [0.5, 0.6) is 0 Å². The largest absolute Gasteiger partial charge is 0.468 e. The summed E-state index contributed by atoms with van der Waals surface area (Å²) in [6.45, 7) is 5.04. The molecule has 0 radical (unpaired) electrons. The average molecular weight is 269 g/mol. The van der Waals surface area contributed by atoms with Gasteiger partial charge in [0.05, 0.1) is 19.8 Å². The Balaban J connectivity index is 1.76. The van der Waals surface area contributed by atoms with E-state index in [1.807, 2.05) is 0 Å². The summed E-state index contributed by atoms with van der Waals surface area (Å²) in [4.78, 5) is 11.7. The van der Waals surface area contributed by atoms with Crippen LogP contribution in [0, 0.1) is 11.8 Å². The van der Waals surface area contributed by atoms with E-state index in [2.05, 4.69) is 19.2 Å². The van der Waals surface area contributed by atoms with E-state index >= 15 is 0 Å². The molecule has 1 N–H and O–H groups in total. The molecule has 0 bridgehead atoms. The van der Waals surface area contributed by atoms with Crippen LogP contribution in [-0.2, 0) is 14.3 Å². The van der Waals surface area contributed by atoms with Gasteiger partial charge in [-0.2, -0.15) is 0 Å². The Morgan fingerprint density at radius 2 is 1.95 bits per heavy atom. The second kappa shape index (κ2) is 6.71. The minimum atomic E-state index is -0.299. The zero-order valence-corrected chi connectivity index (χ0v) is 12.4. The number of methoxy groups -OCH3 is 1. The molecule has 0 saturated heterocycles. The van der Waals surface area contributed by atoms with Gasteiger partial charge in [-0.25, -0.2) is 0 Å². The topological polar surface area (TPSA) is 47.6 Å². The minimum absolute atomic E-state index is 0.205. The van der Waals surface area contributed by atoms with E-state index in [9.17, 15) is 4.79 Å². The van der Waals surface area contributed by atoms with Crippen LogP contribution in [0.1, 0.15) is 46.0 Å². The first kappa shape index (κ1) is 14.8. The van der Waals surface area contributed by atoms with E-state index in [0.29, 0.717) is 24.7 Å². The molecule has 0 aromatic heterocycles. The van der Waals surface area contributed by atoms with Crippen molar-refractivity contribution in [3.63, 3.8) is 0 Å². The first-order valence-electron chi connectivity index (χ1n) is 7.55. The molecule has 110 valence electrons. The van der Waals surface area contributed by atoms with Gasteiger partial charge in [-0.1, -0.05) is 13.8 Å². The highest BCUT2D eigenvalue weighted by Gasteiger charge is 2.31. The molecule has 4 atom stereocenters. The van der Waals surface area contributed by atoms with Gasteiger partial charge >= 0.3 is 5.97 Å². The first-order valence-corrected chi connectivity index (χ1v) is 7.55. The molecule has 0 aromatic carbocycles. The van der Waals surface area contributed by atoms with Crippen molar-refractivity contribution in [3.05, 3.63) is 0 Å². The van der Waals surface area contributed by atoms with Gasteiger partial charge in [-0.05, 0) is 43.9 Å². The number of rotatable bonds is 6. The van der Waals surface area contributed by atoms with Gasteiger partial charge in [0.2, 0.25) is 0 Å². The molecule has 0 heterocycles. The predicted molar refractivity (Wildman–Crippen MR) is 73.9 cm³/mol. The Morgan fingerprint density at radius 3 is 2.53 bits per heavy atom. The standard InChI is InChI=1S/C15H27NO3/c1-10-4-7-13(8-11(10)2)19-9-14(15(17)18-3)16-12-5-6-12/h10-14,16H,4-9H2,1-3H3. The molecule has 0 aliphatic heterocycles. The van der Waals surface area contributed by atoms with Crippen LogP contribution in [0.2, 0.25) is 0 Å². The smallest absolute Gasteiger partial charge is 0.325 e. The Labute approximate surface area is 116 Å². The van der Waals surface area contributed by atoms with Gasteiger partial charge in [0.15, 0.2) is 0 Å². The molecule has 0 amide bonds. The third-order valence-electron chi connectivity index (χ3n) is 4.55. The molecule has 4 nitrogen and oxygen atoms in total. The van der Waals surface area contributed by atoms with E-state index in [4.69, 9.17) is 9.47 Å². The fourth-order valence-electron chi connectivity index (χ4n) is 2.74. The summed E-state index contributed by atoms with van der Waals surface area (Å²) in [7, 11) is 1.44. The molecule has 2 fully saturated rings. The minimum Gasteiger partial charge on any atom is -0.468 e. The summed E-state index contributed by atoms with van der Waals surface area (Å²) in [6.07, 6.45) is 6.07. The van der Waals surface area contributed by atoms with E-state index < -0.39 is 0 Å². The Morgan fingerprint density at radius 1 is 1.21 bits per heavy atom. The van der Waals surface area contributed by atoms with E-state index in [1.165, 1.54) is 13.5 Å². The van der Waals surface area contributed by atoms with Crippen LogP contribution in [0.3, 0.4) is 0 Å². The number of hydrogen-bond donors (Lipinski definition) is 1. The number of hydrogen-bond acceptors (Lipinski definition) is 4. The lowest BCUT2D eigenvalue weighted by molar-refractivity contribution is -0.146. The van der Waals surface area contributed by atoms with Crippen molar-refractivity contribution < 1.29 is 14.3 Å². The van der Waals surface area contributed by atoms with Crippen LogP contribution in [0.15, 0.2) is 0 Å². The highest BCUT2D eigenvalue weighted by Crippen LogP contribution is 2.31. The highest BCUT2D eigenvalue weighted by atomic mass is 16.5. The number of ether oxygens (including phenoxy) is 2. The average Bonchev–Trinajstić information content (AvgIpc) is 3.21. The molecule has 0 spiro atoms. The summed E-state index contributed by atoms with van der Waals surface area (Å²) in [5.74, 6) is 1.30. The summed E-state index contributed by atoms with van der Waals surface area (Å²) in [5.41, 5.74) is 0. The molecular formula is C15H27NO3. The maximum Gasteiger partial charge on any atom is 0.325 e. The Kier molecular flexibility index (Phi) is 5.22. The van der Waals surface area contributed by atoms with Crippen LogP contribution < -0.4 is 5.32 Å². The van der Waals surface area contributed by atoms with Crippen LogP contribution in [0.4, 0.5) is 0 Å². The third-order valence-corrected chi connectivity index (χ3v) is 4.55. The zero-order valence-electron chi connectivity index (χ0n) is 12.4. The molecule has 0 aromatic rings. The molecule has 2 rings (SSSR count). The summed E-state index contributed by atoms with van der Waals surface area (Å²) in [6, 6.07) is 0.185. The van der Waals surface area contributed by atoms with Gasteiger partial charge < -0.3 is 9.47 Å². The van der Waals surface area contributed by atoms with Crippen molar-refractivity contribution in [2.75, 3.05) is 13.7 Å². The lowest BCUT2D eigenvalue weighted by Crippen LogP contribution is -2.44. The van der Waals surface area contributed by atoms with Gasteiger partial charge in [0, 0.05) is 6.04 Å². The van der Waals surface area contributed by atoms with Gasteiger partial charge in [-0.3, -0.25) is 10.1 Å². The summed E-state index contributed by atoms with van der Waals surface area (Å²) in [5, 5.41) is 3.30. The number of esters is 1. The van der Waals surface area contributed by atoms with Crippen molar-refractivity contribution in [1.29, 1.82) is 0 Å². The summed E-state index contributed by atoms with van der Waals surface area (Å²) >= 11 is 0. The molecule has 2 aliphatic carbocycles. The van der Waals surface area contributed by atoms with Gasteiger partial charge in [0.1, 0.15) is 6.04 Å². The SMILES string of the molecule is COC(=O)C(COC1CCC(C)C(C)C1)NC1CC1. The van der Waals surface area contributed by atoms with E-state index in [0.717, 1.165) is 31.6 Å². The quantitative estimate of drug-likeness (QED) is 0.750. The second-order valence-corrected chi connectivity index (χ2v) is 6.24. The molecule has 4 heteroatoms. The monoisotopic (exact) mass is 269 g/mol. The molecule has 4 unspecified atom stereocenters. The number of carbonyl (C=O) groups is 1. The highest BCUT2D eigenvalue weighted by molar-refractivity contribution is 5.75. The fourth-order valence-corrected chi connectivity index (χ4v) is 2.74. The van der Waals surface area contributed by atoms with Crippen molar-refractivity contribution >= 4 is 5.97 Å². The number of carbonyl (C=O) groups excluding carboxylic acids is 1. The predicted octanol–water partition coefficient (Wildman–Crippen LogP) is 2.12. The van der Waals surface area contributed by atoms with Crippen molar-refractivity contribution in [2.45, 2.75) is 64.1 Å². The van der Waals surface area contributed by atoms with E-state index in [-0.39, 0.29) is 12.0 Å². The van der Waals surface area contributed by atoms with Crippen molar-refractivity contribution in [3.8, 4) is 0 Å². The van der Waals surface area contributed by atoms with Crippen molar-refractivity contribution in [2.24, 2.45) is 11.8 Å². The molecule has 2 saturated carbocycles. The van der Waals surface area contributed by atoms with Crippen LogP contribution in [-0.4, -0.2) is 37.9 Å². The second-order valence-electron chi connectivity index (χ2n) is 6.24. The van der Waals surface area contributed by atoms with Crippen LogP contribution >= 0.6 is 0 Å². The summed E-state index contributed by atoms with van der Waals surface area (Å²) < 4.78 is 10.8. The zero-order chi connectivity index (χ0) is 13.8. The molecular weight excluding hydrogens is 242 g/mol. The fraction of sp³-hybridized carbons (Fsp3) is 0.933. The molecule has 2 aliphatic rings. The normalized spacial score (nSPS) is 32.9. The van der Waals surface area contributed by atoms with E-state index in [1.54, 1.807) is 0 Å².